The minimum absolute atomic E-state index is 0.0127. The van der Waals surface area contributed by atoms with Crippen LogP contribution in [0.1, 0.15) is 64.7 Å². The first-order chi connectivity index (χ1) is 13.1. The second-order valence-corrected chi connectivity index (χ2v) is 7.26. The molecule has 0 aliphatic carbocycles. The lowest BCUT2D eigenvalue weighted by Gasteiger charge is -2.36. The van der Waals surface area contributed by atoms with Gasteiger partial charge in [-0.1, -0.05) is 57.9 Å². The summed E-state index contributed by atoms with van der Waals surface area (Å²) in [5.41, 5.74) is 0. The number of unbranched alkanes of at least 4 members (excludes halogenated alkanes) is 7. The molecular weight excluding hydrogens is 362 g/mol. The van der Waals surface area contributed by atoms with Crippen LogP contribution in [0.4, 0.5) is 0 Å². The van der Waals surface area contributed by atoms with Gasteiger partial charge in [0.05, 0.1) is 13.0 Å². The lowest BCUT2D eigenvalue weighted by molar-refractivity contribution is -0.147. The fraction of sp³-hybridized carbons (Fsp3) is 0.750. The van der Waals surface area contributed by atoms with E-state index in [1.807, 2.05) is 0 Å². The molecule has 0 aromatic carbocycles. The number of esters is 1. The maximum absolute atomic E-state index is 12.2. The number of hydrogen-bond donors (Lipinski definition) is 2. The van der Waals surface area contributed by atoms with Gasteiger partial charge in [0.15, 0.2) is 5.11 Å². The Bertz CT molecular complexity index is 485. The summed E-state index contributed by atoms with van der Waals surface area (Å²) in [6.45, 7) is 7.88. The fourth-order valence-electron chi connectivity index (χ4n) is 3.06. The summed E-state index contributed by atoms with van der Waals surface area (Å²) in [6, 6.07) is -0.616. The number of piperazine rings is 1. The largest absolute Gasteiger partial charge is 0.466 e. The second-order valence-electron chi connectivity index (χ2n) is 6.87. The molecule has 1 heterocycles. The van der Waals surface area contributed by atoms with Gasteiger partial charge in [-0.25, -0.2) is 0 Å². The predicted molar refractivity (Wildman–Crippen MR) is 112 cm³/mol. The standard InChI is InChI=1S/C20H35N3O3S/c1-3-5-6-7-8-9-10-11-15-26-18(24)16-17-19(25)21-13-14-23(17)20(27)22-12-4-2/h4,17H,2-3,5-16H2,1H3,(H,21,25)(H,22,27). The van der Waals surface area contributed by atoms with E-state index in [9.17, 15) is 9.59 Å². The zero-order valence-corrected chi connectivity index (χ0v) is 17.5. The number of thiocarbonyl (C=S) groups is 1. The van der Waals surface area contributed by atoms with Gasteiger partial charge >= 0.3 is 5.97 Å². The van der Waals surface area contributed by atoms with Crippen LogP contribution in [0.25, 0.3) is 0 Å². The quantitative estimate of drug-likeness (QED) is 0.216. The molecule has 0 saturated carbocycles. The van der Waals surface area contributed by atoms with E-state index in [1.54, 1.807) is 11.0 Å². The number of amides is 1. The third-order valence-electron chi connectivity index (χ3n) is 4.61. The van der Waals surface area contributed by atoms with Crippen LogP contribution < -0.4 is 10.6 Å². The van der Waals surface area contributed by atoms with Crippen LogP contribution >= 0.6 is 12.2 Å². The van der Waals surface area contributed by atoms with E-state index < -0.39 is 6.04 Å². The topological polar surface area (TPSA) is 70.7 Å². The summed E-state index contributed by atoms with van der Waals surface area (Å²) in [4.78, 5) is 26.1. The molecule has 1 saturated heterocycles. The molecule has 1 unspecified atom stereocenters. The van der Waals surface area contributed by atoms with Crippen molar-refractivity contribution in [2.75, 3.05) is 26.2 Å². The number of rotatable bonds is 13. The zero-order valence-electron chi connectivity index (χ0n) is 16.6. The molecule has 0 radical (unpaired) electrons. The van der Waals surface area contributed by atoms with Crippen LogP contribution in [0.3, 0.4) is 0 Å². The molecule has 154 valence electrons. The molecule has 1 aliphatic rings. The van der Waals surface area contributed by atoms with Crippen LogP contribution in [-0.4, -0.2) is 54.2 Å². The van der Waals surface area contributed by atoms with Crippen molar-refractivity contribution in [3.63, 3.8) is 0 Å². The molecule has 6 nitrogen and oxygen atoms in total. The van der Waals surface area contributed by atoms with Gasteiger partial charge < -0.3 is 20.3 Å². The van der Waals surface area contributed by atoms with Crippen molar-refractivity contribution < 1.29 is 14.3 Å². The summed E-state index contributed by atoms with van der Waals surface area (Å²) in [5.74, 6) is -0.537. The number of ether oxygens (including phenoxy) is 1. The number of carbonyl (C=O) groups is 2. The fourth-order valence-corrected chi connectivity index (χ4v) is 3.36. The van der Waals surface area contributed by atoms with Crippen molar-refractivity contribution in [3.05, 3.63) is 12.7 Å². The first kappa shape index (κ1) is 23.4. The smallest absolute Gasteiger partial charge is 0.308 e. The lowest BCUT2D eigenvalue weighted by Crippen LogP contribution is -2.59. The van der Waals surface area contributed by atoms with E-state index >= 15 is 0 Å². The van der Waals surface area contributed by atoms with Crippen molar-refractivity contribution >= 4 is 29.2 Å². The molecule has 0 aromatic heterocycles. The molecule has 0 bridgehead atoms. The van der Waals surface area contributed by atoms with Gasteiger partial charge in [0.1, 0.15) is 6.04 Å². The highest BCUT2D eigenvalue weighted by Crippen LogP contribution is 2.12. The molecular formula is C20H35N3O3S. The lowest BCUT2D eigenvalue weighted by atomic mass is 10.1. The van der Waals surface area contributed by atoms with Gasteiger partial charge in [-0.15, -0.1) is 6.58 Å². The zero-order chi connectivity index (χ0) is 19.9. The maximum atomic E-state index is 12.2. The summed E-state index contributed by atoms with van der Waals surface area (Å²) in [7, 11) is 0. The van der Waals surface area contributed by atoms with E-state index in [-0.39, 0.29) is 18.3 Å². The molecule has 1 fully saturated rings. The van der Waals surface area contributed by atoms with Gasteiger partial charge in [-0.3, -0.25) is 9.59 Å². The van der Waals surface area contributed by atoms with Crippen molar-refractivity contribution in [2.24, 2.45) is 0 Å². The highest BCUT2D eigenvalue weighted by Gasteiger charge is 2.33. The maximum Gasteiger partial charge on any atom is 0.308 e. The Balaban J connectivity index is 2.26. The Kier molecular flexibility index (Phi) is 12.5. The Hall–Kier alpha value is -1.63. The summed E-state index contributed by atoms with van der Waals surface area (Å²) < 4.78 is 5.32. The van der Waals surface area contributed by atoms with E-state index in [2.05, 4.69) is 24.1 Å². The molecule has 1 amide bonds. The highest BCUT2D eigenvalue weighted by atomic mass is 32.1. The predicted octanol–water partition coefficient (Wildman–Crippen LogP) is 2.92. The molecule has 0 spiro atoms. The van der Waals surface area contributed by atoms with E-state index in [4.69, 9.17) is 17.0 Å². The summed E-state index contributed by atoms with van der Waals surface area (Å²) in [5, 5.41) is 6.27. The molecule has 0 aromatic rings. The molecule has 7 heteroatoms. The third kappa shape index (κ3) is 9.75. The van der Waals surface area contributed by atoms with Crippen LogP contribution in [-0.2, 0) is 14.3 Å². The van der Waals surface area contributed by atoms with E-state index in [1.165, 1.54) is 38.5 Å². The number of hydrogen-bond acceptors (Lipinski definition) is 4. The Morgan fingerprint density at radius 2 is 1.96 bits per heavy atom. The normalized spacial score (nSPS) is 16.6. The van der Waals surface area contributed by atoms with Crippen molar-refractivity contribution in [3.8, 4) is 0 Å². The Labute approximate surface area is 169 Å². The number of nitrogens with one attached hydrogen (secondary N) is 2. The van der Waals surface area contributed by atoms with Gasteiger partial charge in [-0.2, -0.15) is 0 Å². The molecule has 1 aliphatic heterocycles. The second kappa shape index (κ2) is 14.4. The van der Waals surface area contributed by atoms with Gasteiger partial charge in [0.2, 0.25) is 5.91 Å². The van der Waals surface area contributed by atoms with E-state index in [0.717, 1.165) is 12.8 Å². The first-order valence-electron chi connectivity index (χ1n) is 10.2. The molecule has 2 N–H and O–H groups in total. The first-order valence-corrected chi connectivity index (χ1v) is 10.6. The third-order valence-corrected chi connectivity index (χ3v) is 4.99. The Morgan fingerprint density at radius 3 is 2.63 bits per heavy atom. The van der Waals surface area contributed by atoms with Crippen LogP contribution in [0, 0.1) is 0 Å². The van der Waals surface area contributed by atoms with Crippen LogP contribution in [0.5, 0.6) is 0 Å². The van der Waals surface area contributed by atoms with Gasteiger partial charge in [0.25, 0.3) is 0 Å². The van der Waals surface area contributed by atoms with Gasteiger partial charge in [0, 0.05) is 19.6 Å². The summed E-state index contributed by atoms with van der Waals surface area (Å²) in [6.07, 6.45) is 11.3. The monoisotopic (exact) mass is 397 g/mol. The molecule has 1 atom stereocenters. The van der Waals surface area contributed by atoms with Crippen molar-refractivity contribution in [1.82, 2.24) is 15.5 Å². The molecule has 27 heavy (non-hydrogen) atoms. The highest BCUT2D eigenvalue weighted by molar-refractivity contribution is 7.80. The van der Waals surface area contributed by atoms with E-state index in [0.29, 0.717) is 31.4 Å². The average molecular weight is 398 g/mol. The molecule has 1 rings (SSSR count). The SMILES string of the molecule is C=CCNC(=S)N1CCNC(=O)C1CC(=O)OCCCCCCCCCC. The van der Waals surface area contributed by atoms with Gasteiger partial charge in [-0.05, 0) is 18.6 Å². The number of nitrogens with zero attached hydrogens (tertiary/aromatic N) is 1. The minimum atomic E-state index is -0.616. The van der Waals surface area contributed by atoms with Crippen LogP contribution in [0.2, 0.25) is 0 Å². The Morgan fingerprint density at radius 1 is 1.30 bits per heavy atom. The summed E-state index contributed by atoms with van der Waals surface area (Å²) >= 11 is 5.33. The van der Waals surface area contributed by atoms with Crippen molar-refractivity contribution in [2.45, 2.75) is 70.8 Å². The average Bonchev–Trinajstić information content (AvgIpc) is 2.66. The van der Waals surface area contributed by atoms with Crippen LogP contribution in [0.15, 0.2) is 12.7 Å². The minimum Gasteiger partial charge on any atom is -0.466 e. The van der Waals surface area contributed by atoms with Crippen molar-refractivity contribution in [1.29, 1.82) is 0 Å². The number of carbonyl (C=O) groups excluding carboxylic acids is 2.